The van der Waals surface area contributed by atoms with Crippen molar-refractivity contribution in [1.29, 1.82) is 0 Å². The number of esters is 2. The normalized spacial score (nSPS) is 26.3. The summed E-state index contributed by atoms with van der Waals surface area (Å²) in [5.41, 5.74) is 0. The van der Waals surface area contributed by atoms with Gasteiger partial charge in [-0.25, -0.2) is 0 Å². The summed E-state index contributed by atoms with van der Waals surface area (Å²) in [6.45, 7) is 2.45. The molecule has 2 fully saturated rings. The van der Waals surface area contributed by atoms with Crippen LogP contribution in [0.5, 0.6) is 0 Å². The molecule has 11 unspecified atom stereocenters. The van der Waals surface area contributed by atoms with E-state index in [1.165, 1.54) is 57.8 Å². The Labute approximate surface area is 401 Å². The van der Waals surface area contributed by atoms with Gasteiger partial charge in [0, 0.05) is 12.8 Å². The van der Waals surface area contributed by atoms with E-state index in [1.807, 2.05) is 0 Å². The van der Waals surface area contributed by atoms with E-state index in [1.54, 1.807) is 0 Å². The van der Waals surface area contributed by atoms with Gasteiger partial charge in [0.15, 0.2) is 18.7 Å². The van der Waals surface area contributed by atoms with Crippen LogP contribution >= 0.6 is 0 Å². The predicted octanol–water partition coefficient (Wildman–Crippen LogP) is 7.10. The summed E-state index contributed by atoms with van der Waals surface area (Å²) in [7, 11) is 0. The summed E-state index contributed by atoms with van der Waals surface area (Å²) in [6, 6.07) is 0. The van der Waals surface area contributed by atoms with Crippen LogP contribution in [-0.4, -0.2) is 142 Å². The molecule has 15 heteroatoms. The van der Waals surface area contributed by atoms with Crippen LogP contribution in [0.4, 0.5) is 0 Å². The lowest BCUT2D eigenvalue weighted by Gasteiger charge is -2.42. The Morgan fingerprint density at radius 3 is 1.48 bits per heavy atom. The van der Waals surface area contributed by atoms with E-state index < -0.39 is 92.7 Å². The number of hydrogen-bond acceptors (Lipinski definition) is 15. The van der Waals surface area contributed by atoms with Gasteiger partial charge in [0.2, 0.25) is 0 Å². The van der Waals surface area contributed by atoms with Crippen molar-refractivity contribution in [3.05, 3.63) is 48.6 Å². The first-order valence-electron chi connectivity index (χ1n) is 25.7. The second-order valence-corrected chi connectivity index (χ2v) is 18.0. The molecule has 11 atom stereocenters. The first-order chi connectivity index (χ1) is 32.5. The van der Waals surface area contributed by atoms with E-state index in [9.17, 15) is 45.3 Å². The number of hydrogen-bond donors (Lipinski definition) is 7. The molecule has 2 aliphatic heterocycles. The molecule has 0 bridgehead atoms. The van der Waals surface area contributed by atoms with Gasteiger partial charge in [0.25, 0.3) is 0 Å². The van der Waals surface area contributed by atoms with Crippen LogP contribution in [0.15, 0.2) is 48.6 Å². The molecule has 0 aliphatic carbocycles. The molecule has 2 heterocycles. The lowest BCUT2D eigenvalue weighted by atomic mass is 9.98. The first-order valence-corrected chi connectivity index (χ1v) is 25.7. The summed E-state index contributed by atoms with van der Waals surface area (Å²) in [5.74, 6) is -0.935. The highest BCUT2D eigenvalue weighted by atomic mass is 16.7. The van der Waals surface area contributed by atoms with E-state index in [4.69, 9.17) is 28.4 Å². The zero-order valence-electron chi connectivity index (χ0n) is 40.9. The molecule has 0 spiro atoms. The standard InChI is InChI=1S/C52H90O15/c1-3-5-7-9-11-13-15-16-17-18-19-20-21-22-23-24-25-27-29-31-33-35-44(55)65-40(37-62-43(54)34-32-30-28-26-14-12-10-8-6-4-2)38-63-51-50(61)48(59)46(57)42(67-51)39-64-52-49(60)47(58)45(56)41(36-53)66-52/h5,7,11,13,16-17,19-20,40-42,45-53,56-61H,3-4,6,8-10,12,14-15,18,21-39H2,1-2H3/b7-5-,13-11-,17-16-,20-19-. The lowest BCUT2D eigenvalue weighted by Crippen LogP contribution is -2.61. The average Bonchev–Trinajstić information content (AvgIpc) is 3.32. The molecule has 0 aromatic heterocycles. The second-order valence-electron chi connectivity index (χ2n) is 18.0. The van der Waals surface area contributed by atoms with Crippen LogP contribution < -0.4 is 0 Å². The van der Waals surface area contributed by atoms with Crippen molar-refractivity contribution in [1.82, 2.24) is 0 Å². The van der Waals surface area contributed by atoms with E-state index in [2.05, 4.69) is 62.5 Å². The molecule has 0 saturated carbocycles. The van der Waals surface area contributed by atoms with E-state index in [0.29, 0.717) is 12.8 Å². The Morgan fingerprint density at radius 1 is 0.493 bits per heavy atom. The highest BCUT2D eigenvalue weighted by Gasteiger charge is 2.47. The van der Waals surface area contributed by atoms with Gasteiger partial charge in [0.05, 0.1) is 19.8 Å². The van der Waals surface area contributed by atoms with Crippen LogP contribution in [0.25, 0.3) is 0 Å². The monoisotopic (exact) mass is 955 g/mol. The fourth-order valence-corrected chi connectivity index (χ4v) is 7.85. The van der Waals surface area contributed by atoms with Crippen molar-refractivity contribution in [3.63, 3.8) is 0 Å². The van der Waals surface area contributed by atoms with Crippen molar-refractivity contribution in [3.8, 4) is 0 Å². The van der Waals surface area contributed by atoms with Gasteiger partial charge in [-0.2, -0.15) is 0 Å². The van der Waals surface area contributed by atoms with E-state index >= 15 is 0 Å². The molecule has 0 aromatic carbocycles. The van der Waals surface area contributed by atoms with E-state index in [-0.39, 0.29) is 26.1 Å². The summed E-state index contributed by atoms with van der Waals surface area (Å²) >= 11 is 0. The Bertz CT molecular complexity index is 1350. The number of allylic oxidation sites excluding steroid dienone is 8. The van der Waals surface area contributed by atoms with Gasteiger partial charge in [-0.05, 0) is 51.4 Å². The number of carbonyl (C=O) groups is 2. The fourth-order valence-electron chi connectivity index (χ4n) is 7.85. The molecule has 15 nitrogen and oxygen atoms in total. The van der Waals surface area contributed by atoms with Gasteiger partial charge in [-0.1, -0.05) is 159 Å². The number of aliphatic hydroxyl groups is 7. The molecule has 2 rings (SSSR count). The molecule has 388 valence electrons. The smallest absolute Gasteiger partial charge is 0.306 e. The molecule has 0 aromatic rings. The molecule has 67 heavy (non-hydrogen) atoms. The Morgan fingerprint density at radius 2 is 0.940 bits per heavy atom. The molecule has 2 aliphatic rings. The predicted molar refractivity (Wildman–Crippen MR) is 257 cm³/mol. The van der Waals surface area contributed by atoms with Crippen LogP contribution in [-0.2, 0) is 38.0 Å². The first kappa shape index (κ1) is 60.6. The molecule has 0 radical (unpaired) electrons. The lowest BCUT2D eigenvalue weighted by molar-refractivity contribution is -0.332. The summed E-state index contributed by atoms with van der Waals surface area (Å²) in [4.78, 5) is 25.7. The number of rotatable bonds is 39. The van der Waals surface area contributed by atoms with Gasteiger partial charge >= 0.3 is 11.9 Å². The topological polar surface area (TPSA) is 231 Å². The number of unbranched alkanes of at least 4 members (excludes halogenated alkanes) is 17. The van der Waals surface area contributed by atoms with Crippen LogP contribution in [0.3, 0.4) is 0 Å². The molecular formula is C52H90O15. The molecule has 7 N–H and O–H groups in total. The number of ether oxygens (including phenoxy) is 6. The summed E-state index contributed by atoms with van der Waals surface area (Å²) < 4.78 is 33.5. The van der Waals surface area contributed by atoms with Crippen molar-refractivity contribution in [2.45, 2.75) is 242 Å². The SMILES string of the molecule is CC/C=C\C/C=C\C/C=C\C/C=C\CCCCCCCCCCC(=O)OC(COC(=O)CCCCCCCCCCCC)COC1OC(COC2OC(CO)C(O)C(O)C2O)C(O)C(O)C1O. The quantitative estimate of drug-likeness (QED) is 0.0185. The third-order valence-electron chi connectivity index (χ3n) is 12.1. The average molecular weight is 955 g/mol. The highest BCUT2D eigenvalue weighted by molar-refractivity contribution is 5.70. The Kier molecular flexibility index (Phi) is 35.5. The maximum Gasteiger partial charge on any atom is 0.306 e. The van der Waals surface area contributed by atoms with Crippen LogP contribution in [0.1, 0.15) is 174 Å². The minimum Gasteiger partial charge on any atom is -0.462 e. The van der Waals surface area contributed by atoms with Crippen LogP contribution in [0.2, 0.25) is 0 Å². The van der Waals surface area contributed by atoms with Gasteiger partial charge in [-0.15, -0.1) is 0 Å². The third kappa shape index (κ3) is 27.4. The minimum atomic E-state index is -1.77. The third-order valence-corrected chi connectivity index (χ3v) is 12.1. The Balaban J connectivity index is 1.78. The van der Waals surface area contributed by atoms with Gasteiger partial charge < -0.3 is 64.2 Å². The van der Waals surface area contributed by atoms with Crippen molar-refractivity contribution in [2.24, 2.45) is 0 Å². The molecule has 0 amide bonds. The number of carbonyl (C=O) groups excluding carboxylic acids is 2. The maximum atomic E-state index is 13.0. The van der Waals surface area contributed by atoms with Gasteiger partial charge in [-0.3, -0.25) is 9.59 Å². The van der Waals surface area contributed by atoms with Crippen molar-refractivity contribution < 1.29 is 73.8 Å². The molecule has 2 saturated heterocycles. The largest absolute Gasteiger partial charge is 0.462 e. The number of aliphatic hydroxyl groups excluding tert-OH is 7. The van der Waals surface area contributed by atoms with Crippen LogP contribution in [0, 0.1) is 0 Å². The van der Waals surface area contributed by atoms with Crippen molar-refractivity contribution in [2.75, 3.05) is 26.4 Å². The van der Waals surface area contributed by atoms with E-state index in [0.717, 1.165) is 77.0 Å². The fraction of sp³-hybridized carbons (Fsp3) is 0.808. The zero-order valence-corrected chi connectivity index (χ0v) is 40.9. The van der Waals surface area contributed by atoms with Gasteiger partial charge in [0.1, 0.15) is 55.4 Å². The Hall–Kier alpha value is -2.54. The minimum absolute atomic E-state index is 0.155. The summed E-state index contributed by atoms with van der Waals surface area (Å²) in [6.07, 6.45) is 25.7. The molecular weight excluding hydrogens is 865 g/mol. The van der Waals surface area contributed by atoms with Crippen molar-refractivity contribution >= 4 is 11.9 Å². The summed E-state index contributed by atoms with van der Waals surface area (Å²) in [5, 5.41) is 72.0. The maximum absolute atomic E-state index is 13.0. The zero-order chi connectivity index (χ0) is 48.9. The highest BCUT2D eigenvalue weighted by Crippen LogP contribution is 2.26. The second kappa shape index (κ2) is 39.2.